The smallest absolute Gasteiger partial charge is 0.547 e. The average Bonchev–Trinajstić information content (AvgIpc) is 1.88. The van der Waals surface area contributed by atoms with Crippen molar-refractivity contribution in [3.05, 3.63) is 0 Å². The summed E-state index contributed by atoms with van der Waals surface area (Å²) in [7, 11) is 0. The van der Waals surface area contributed by atoms with Gasteiger partial charge in [0.05, 0.1) is 11.9 Å². The molecule has 13 heavy (non-hydrogen) atoms. The number of hydrogen-bond acceptors (Lipinski definition) is 4. The first kappa shape index (κ1) is 19.9. The van der Waals surface area contributed by atoms with Crippen LogP contribution in [-0.4, -0.2) is 59.3 Å². The molecule has 0 heterocycles. The molecule has 0 rings (SSSR count). The normalized spacial score (nSPS) is 8.46. The molecule has 0 amide bonds. The molecule has 0 atom stereocenters. The predicted octanol–water partition coefficient (Wildman–Crippen LogP) is -1.30. The topological polar surface area (TPSA) is 80.3 Å². The average molecular weight is 296 g/mol. The largest absolute Gasteiger partial charge is 2.00 e. The number of carboxylic acid groups (broad SMARTS) is 2. The third-order valence-electron chi connectivity index (χ3n) is 0.356. The molecule has 0 saturated heterocycles. The molecule has 4 nitrogen and oxygen atoms in total. The Morgan fingerprint density at radius 3 is 0.923 bits per heavy atom. The third-order valence-corrected chi connectivity index (χ3v) is 1.07. The van der Waals surface area contributed by atoms with Crippen molar-refractivity contribution < 1.29 is 19.8 Å². The molecule has 0 radical (unpaired) electrons. The van der Waals surface area contributed by atoms with Gasteiger partial charge in [0.15, 0.2) is 0 Å². The van der Waals surface area contributed by atoms with Gasteiger partial charge in [0.2, 0.25) is 0 Å². The van der Waals surface area contributed by atoms with Crippen molar-refractivity contribution in [1.29, 1.82) is 0 Å². The van der Waals surface area contributed by atoms with Crippen LogP contribution in [0.3, 0.4) is 0 Å². The molecule has 0 fully saturated rings. The minimum absolute atomic E-state index is 0. The molecule has 0 saturated carbocycles. The van der Waals surface area contributed by atoms with Crippen LogP contribution in [0.2, 0.25) is 0 Å². The van der Waals surface area contributed by atoms with Crippen molar-refractivity contribution in [3.8, 4) is 0 Å². The van der Waals surface area contributed by atoms with E-state index >= 15 is 0 Å². The Bertz CT molecular complexity index is 144. The molecule has 0 aliphatic carbocycles. The van der Waals surface area contributed by atoms with Crippen LogP contribution in [0.4, 0.5) is 0 Å². The molecule has 0 N–H and O–H groups in total. The van der Waals surface area contributed by atoms with Gasteiger partial charge >= 0.3 is 37.7 Å². The van der Waals surface area contributed by atoms with Crippen molar-refractivity contribution in [2.24, 2.45) is 0 Å². The van der Waals surface area contributed by atoms with E-state index in [0.29, 0.717) is 0 Å². The van der Waals surface area contributed by atoms with Crippen LogP contribution in [0.15, 0.2) is 0 Å². The molecule has 0 unspecified atom stereocenters. The Morgan fingerprint density at radius 1 is 0.846 bits per heavy atom. The molecule has 9 heteroatoms. The minimum Gasteiger partial charge on any atom is -0.547 e. The van der Waals surface area contributed by atoms with Gasteiger partial charge in [-0.15, -0.1) is 0 Å². The van der Waals surface area contributed by atoms with Crippen LogP contribution in [0, 0.1) is 0 Å². The fourth-order valence-corrected chi connectivity index (χ4v) is 0. The Hall–Kier alpha value is 1.36. The van der Waals surface area contributed by atoms with Crippen molar-refractivity contribution in [2.45, 2.75) is 9.67 Å². The van der Waals surface area contributed by atoms with E-state index < -0.39 is 21.6 Å². The second-order valence-corrected chi connectivity index (χ2v) is 3.43. The first-order chi connectivity index (χ1) is 5.29. The third kappa shape index (κ3) is 19.7. The zero-order chi connectivity index (χ0) is 10.3. The van der Waals surface area contributed by atoms with Gasteiger partial charge in [0, 0.05) is 0 Å². The van der Waals surface area contributed by atoms with Crippen molar-refractivity contribution in [2.75, 3.05) is 0 Å². The Balaban J connectivity index is -0.000000143. The number of alkyl halides is 4. The van der Waals surface area contributed by atoms with E-state index in [-0.39, 0.29) is 37.7 Å². The summed E-state index contributed by atoms with van der Waals surface area (Å²) >= 11 is 18.9. The summed E-state index contributed by atoms with van der Waals surface area (Å²) in [6, 6.07) is 0. The van der Waals surface area contributed by atoms with E-state index in [9.17, 15) is 19.8 Å². The summed E-state index contributed by atoms with van der Waals surface area (Å²) in [5.74, 6) is -2.92. The van der Waals surface area contributed by atoms with Crippen LogP contribution in [0.5, 0.6) is 0 Å². The first-order valence-corrected chi connectivity index (χ1v) is 4.01. The monoisotopic (exact) mass is 294 g/mol. The Labute approximate surface area is 124 Å². The SMILES string of the molecule is O=C([O-])C(Cl)Cl.O=C([O-])C(Cl)Cl.[Ca+2]. The van der Waals surface area contributed by atoms with Gasteiger partial charge in [-0.3, -0.25) is 0 Å². The maximum atomic E-state index is 9.32. The summed E-state index contributed by atoms with van der Waals surface area (Å²) in [6.07, 6.45) is 0. The van der Waals surface area contributed by atoms with Gasteiger partial charge in [0.1, 0.15) is 9.67 Å². The number of rotatable bonds is 2. The molecule has 0 bridgehead atoms. The van der Waals surface area contributed by atoms with Crippen LogP contribution < -0.4 is 10.2 Å². The molecule has 0 spiro atoms. The number of carbonyl (C=O) groups is 2. The van der Waals surface area contributed by atoms with E-state index in [1.54, 1.807) is 0 Å². The maximum Gasteiger partial charge on any atom is 2.00 e. The number of hydrogen-bond donors (Lipinski definition) is 0. The van der Waals surface area contributed by atoms with Crippen molar-refractivity contribution in [1.82, 2.24) is 0 Å². The second kappa shape index (κ2) is 11.4. The zero-order valence-electron chi connectivity index (χ0n) is 6.01. The van der Waals surface area contributed by atoms with Gasteiger partial charge in [-0.1, -0.05) is 46.4 Å². The van der Waals surface area contributed by atoms with E-state index in [0.717, 1.165) is 0 Å². The fourth-order valence-electron chi connectivity index (χ4n) is 0. The van der Waals surface area contributed by atoms with Crippen molar-refractivity contribution in [3.63, 3.8) is 0 Å². The summed E-state index contributed by atoms with van der Waals surface area (Å²) < 4.78 is 0. The van der Waals surface area contributed by atoms with E-state index in [1.165, 1.54) is 0 Å². The molecular formula is C4H2CaCl4O4. The van der Waals surface area contributed by atoms with Crippen LogP contribution in [0.1, 0.15) is 0 Å². The van der Waals surface area contributed by atoms with E-state index in [2.05, 4.69) is 0 Å². The Morgan fingerprint density at radius 2 is 0.923 bits per heavy atom. The molecule has 0 aromatic carbocycles. The van der Waals surface area contributed by atoms with E-state index in [1.807, 2.05) is 0 Å². The summed E-state index contributed by atoms with van der Waals surface area (Å²) in [5.41, 5.74) is 0. The molecular weight excluding hydrogens is 294 g/mol. The standard InChI is InChI=1S/2C2H2Cl2O2.Ca/c2*3-1(4)2(5)6;/h2*1H,(H,5,6);/q;;+2/p-2. The number of halogens is 4. The van der Waals surface area contributed by atoms with Gasteiger partial charge < -0.3 is 19.8 Å². The number of carboxylic acids is 2. The predicted molar refractivity (Wildman–Crippen MR) is 46.8 cm³/mol. The van der Waals surface area contributed by atoms with Crippen LogP contribution in [-0.2, 0) is 9.59 Å². The first-order valence-electron chi connectivity index (χ1n) is 2.27. The van der Waals surface area contributed by atoms with Crippen LogP contribution in [0.25, 0.3) is 0 Å². The van der Waals surface area contributed by atoms with Gasteiger partial charge in [0.25, 0.3) is 0 Å². The number of aliphatic carboxylic acids is 2. The maximum absolute atomic E-state index is 9.32. The van der Waals surface area contributed by atoms with Gasteiger partial charge in [-0.05, 0) is 0 Å². The quantitative estimate of drug-likeness (QED) is 0.468. The molecule has 0 aliphatic heterocycles. The summed E-state index contributed by atoms with van der Waals surface area (Å²) in [4.78, 5) is 15.9. The molecule has 0 aromatic heterocycles. The van der Waals surface area contributed by atoms with Crippen LogP contribution >= 0.6 is 46.4 Å². The van der Waals surface area contributed by atoms with Crippen molar-refractivity contribution >= 4 is 96.1 Å². The van der Waals surface area contributed by atoms with Gasteiger partial charge in [-0.25, -0.2) is 0 Å². The number of carbonyl (C=O) groups excluding carboxylic acids is 2. The summed E-state index contributed by atoms with van der Waals surface area (Å²) in [5, 5.41) is 18.6. The molecule has 0 aliphatic rings. The van der Waals surface area contributed by atoms with E-state index in [4.69, 9.17) is 46.4 Å². The zero-order valence-corrected chi connectivity index (χ0v) is 11.2. The second-order valence-electron chi connectivity index (χ2n) is 1.24. The van der Waals surface area contributed by atoms with Gasteiger partial charge in [-0.2, -0.15) is 0 Å². The molecule has 72 valence electrons. The Kier molecular flexibility index (Phi) is 17.5. The minimum atomic E-state index is -1.46. The summed E-state index contributed by atoms with van der Waals surface area (Å²) in [6.45, 7) is 0. The molecule has 0 aromatic rings. The fraction of sp³-hybridized carbons (Fsp3) is 0.500.